The molecular formula is C24H29BrN6O4S. The molecule has 1 saturated carbocycles. The van der Waals surface area contributed by atoms with Gasteiger partial charge in [0.25, 0.3) is 0 Å². The molecule has 3 heterocycles. The number of hydrogen-bond acceptors (Lipinski definition) is 7. The Bertz CT molecular complexity index is 1360. The molecule has 2 aliphatic rings. The van der Waals surface area contributed by atoms with Gasteiger partial charge in [-0.25, -0.2) is 14.8 Å². The summed E-state index contributed by atoms with van der Waals surface area (Å²) in [6.45, 7) is 6.58. The second kappa shape index (κ2) is 9.62. The zero-order valence-corrected chi connectivity index (χ0v) is 22.8. The van der Waals surface area contributed by atoms with Crippen molar-refractivity contribution in [1.82, 2.24) is 24.4 Å². The van der Waals surface area contributed by atoms with Crippen molar-refractivity contribution in [2.75, 3.05) is 6.79 Å². The number of fused-ring (bicyclic) bond motifs is 2. The predicted octanol–water partition coefficient (Wildman–Crippen LogP) is 5.22. The first-order chi connectivity index (χ1) is 17.1. The molecule has 1 aliphatic heterocycles. The van der Waals surface area contributed by atoms with E-state index < -0.39 is 11.6 Å². The van der Waals surface area contributed by atoms with Crippen LogP contribution in [-0.4, -0.2) is 54.0 Å². The first kappa shape index (κ1) is 24.9. The lowest BCUT2D eigenvalue weighted by Gasteiger charge is -2.46. The molecule has 10 nitrogen and oxygen atoms in total. The summed E-state index contributed by atoms with van der Waals surface area (Å²) in [6, 6.07) is 3.68. The summed E-state index contributed by atoms with van der Waals surface area (Å²) in [4.78, 5) is 27.0. The van der Waals surface area contributed by atoms with Crippen LogP contribution >= 0.6 is 27.7 Å². The monoisotopic (exact) mass is 576 g/mol. The van der Waals surface area contributed by atoms with Gasteiger partial charge < -0.3 is 29.0 Å². The number of rotatable bonds is 7. The van der Waals surface area contributed by atoms with Crippen LogP contribution in [0.4, 0.5) is 4.79 Å². The Hall–Kier alpha value is -2.73. The smallest absolute Gasteiger partial charge is 0.407 e. The lowest BCUT2D eigenvalue weighted by molar-refractivity contribution is 0.0244. The number of aryl methyl sites for hydroxylation is 1. The topological polar surface area (TPSA) is 129 Å². The molecular weight excluding hydrogens is 548 g/mol. The Morgan fingerprint density at radius 2 is 2.08 bits per heavy atom. The second-order valence-corrected chi connectivity index (χ2v) is 12.0. The van der Waals surface area contributed by atoms with Gasteiger partial charge >= 0.3 is 6.09 Å². The van der Waals surface area contributed by atoms with Crippen LogP contribution in [0.15, 0.2) is 33.0 Å². The van der Waals surface area contributed by atoms with Crippen LogP contribution in [0.5, 0.6) is 11.5 Å². The zero-order chi connectivity index (χ0) is 25.6. The maximum Gasteiger partial charge on any atom is 0.407 e. The fraction of sp³-hybridized carbons (Fsp3) is 0.500. The summed E-state index contributed by atoms with van der Waals surface area (Å²) in [5.74, 6) is 1.73. The van der Waals surface area contributed by atoms with Crippen LogP contribution in [0.1, 0.15) is 46.5 Å². The number of benzene rings is 1. The minimum atomic E-state index is -0.887. The number of imidazole rings is 1. The van der Waals surface area contributed by atoms with Crippen LogP contribution < -0.4 is 15.0 Å². The Morgan fingerprint density at radius 1 is 1.36 bits per heavy atom. The average molecular weight is 578 g/mol. The van der Waals surface area contributed by atoms with Gasteiger partial charge in [-0.1, -0.05) is 18.2 Å². The van der Waals surface area contributed by atoms with Gasteiger partial charge in [-0.3, -0.25) is 5.41 Å². The quantitative estimate of drug-likeness (QED) is 0.351. The second-order valence-electron chi connectivity index (χ2n) is 10.1. The Balaban J connectivity index is 1.42. The minimum absolute atomic E-state index is 0.0909. The van der Waals surface area contributed by atoms with Gasteiger partial charge in [0.05, 0.1) is 6.33 Å². The van der Waals surface area contributed by atoms with E-state index in [1.165, 1.54) is 11.8 Å². The Labute approximate surface area is 221 Å². The molecule has 3 N–H and O–H groups in total. The van der Waals surface area contributed by atoms with Crippen LogP contribution in [0, 0.1) is 11.3 Å². The number of nitrogens with one attached hydrogen (secondary N) is 2. The van der Waals surface area contributed by atoms with Crippen molar-refractivity contribution in [3.63, 3.8) is 0 Å². The maximum atomic E-state index is 12.2. The van der Waals surface area contributed by atoms with Crippen molar-refractivity contribution < 1.29 is 19.4 Å². The van der Waals surface area contributed by atoms with E-state index >= 15 is 0 Å². The summed E-state index contributed by atoms with van der Waals surface area (Å²) in [5, 5.41) is 18.9. The first-order valence-electron chi connectivity index (χ1n) is 11.9. The number of halogens is 1. The molecule has 1 aliphatic carbocycles. The molecule has 1 atom stereocenters. The highest BCUT2D eigenvalue weighted by Gasteiger charge is 2.39. The summed E-state index contributed by atoms with van der Waals surface area (Å²) in [6.07, 6.45) is 4.61. The first-order valence-corrected chi connectivity index (χ1v) is 13.5. The fourth-order valence-corrected chi connectivity index (χ4v) is 6.23. The lowest BCUT2D eigenvalue weighted by atomic mass is 9.77. The van der Waals surface area contributed by atoms with Gasteiger partial charge in [0.15, 0.2) is 27.8 Å². The number of nitrogens with zero attached hydrogens (tertiary/aromatic N) is 4. The molecule has 1 aromatic carbocycles. The third kappa shape index (κ3) is 4.80. The van der Waals surface area contributed by atoms with Crippen LogP contribution in [0.3, 0.4) is 0 Å². The largest absolute Gasteiger partial charge is 0.465 e. The molecule has 2 aromatic heterocycles. The number of carboxylic acid groups (broad SMARTS) is 1. The van der Waals surface area contributed by atoms with Gasteiger partial charge in [-0.05, 0) is 74.0 Å². The highest BCUT2D eigenvalue weighted by atomic mass is 79.9. The number of hydrogen-bond donors (Lipinski definition) is 3. The number of aromatic nitrogens is 4. The SMILES string of the molecule is CC(C)(C)N(C(=O)O)C(CCn1cnc(=N)c2[nH]c(Sc3cc4c(cc3Br)OCO4)nc21)C1CCC1. The molecule has 0 radical (unpaired) electrons. The summed E-state index contributed by atoms with van der Waals surface area (Å²) in [5.41, 5.74) is 0.786. The van der Waals surface area contributed by atoms with Gasteiger partial charge in [0, 0.05) is 27.5 Å². The molecule has 5 rings (SSSR count). The normalized spacial score (nSPS) is 16.2. The molecule has 3 aromatic rings. The summed E-state index contributed by atoms with van der Waals surface area (Å²) in [7, 11) is 0. The summed E-state index contributed by atoms with van der Waals surface area (Å²) < 4.78 is 13.7. The maximum absolute atomic E-state index is 12.2. The van der Waals surface area contributed by atoms with E-state index in [1.54, 1.807) is 11.2 Å². The van der Waals surface area contributed by atoms with E-state index in [9.17, 15) is 9.90 Å². The van der Waals surface area contributed by atoms with Gasteiger partial charge in [0.1, 0.15) is 5.52 Å². The molecule has 0 spiro atoms. The van der Waals surface area contributed by atoms with E-state index in [0.29, 0.717) is 46.7 Å². The molecule has 0 saturated heterocycles. The zero-order valence-electron chi connectivity index (χ0n) is 20.4. The van der Waals surface area contributed by atoms with Crippen molar-refractivity contribution in [2.24, 2.45) is 5.92 Å². The third-order valence-corrected chi connectivity index (χ3v) is 8.61. The van der Waals surface area contributed by atoms with Crippen molar-refractivity contribution in [1.29, 1.82) is 5.41 Å². The van der Waals surface area contributed by atoms with Crippen LogP contribution in [-0.2, 0) is 6.54 Å². The van der Waals surface area contributed by atoms with E-state index in [1.807, 2.05) is 37.5 Å². The minimum Gasteiger partial charge on any atom is -0.465 e. The van der Waals surface area contributed by atoms with E-state index in [4.69, 9.17) is 19.9 Å². The highest BCUT2D eigenvalue weighted by molar-refractivity contribution is 9.10. The van der Waals surface area contributed by atoms with Crippen LogP contribution in [0.25, 0.3) is 11.2 Å². The molecule has 0 bridgehead atoms. The van der Waals surface area contributed by atoms with E-state index in [-0.39, 0.29) is 18.3 Å². The number of ether oxygens (including phenoxy) is 2. The Kier molecular flexibility index (Phi) is 6.67. The van der Waals surface area contributed by atoms with Crippen molar-refractivity contribution >= 4 is 44.9 Å². The van der Waals surface area contributed by atoms with Gasteiger partial charge in [-0.2, -0.15) is 0 Å². The predicted molar refractivity (Wildman–Crippen MR) is 137 cm³/mol. The van der Waals surface area contributed by atoms with E-state index in [0.717, 1.165) is 28.6 Å². The molecule has 1 unspecified atom stereocenters. The van der Waals surface area contributed by atoms with Crippen molar-refractivity contribution in [3.8, 4) is 11.5 Å². The van der Waals surface area contributed by atoms with Gasteiger partial charge in [-0.15, -0.1) is 0 Å². The summed E-state index contributed by atoms with van der Waals surface area (Å²) >= 11 is 5.00. The van der Waals surface area contributed by atoms with Crippen molar-refractivity contribution in [3.05, 3.63) is 28.4 Å². The molecule has 1 fully saturated rings. The van der Waals surface area contributed by atoms with E-state index in [2.05, 4.69) is 25.9 Å². The molecule has 1 amide bonds. The van der Waals surface area contributed by atoms with Gasteiger partial charge in [0.2, 0.25) is 6.79 Å². The Morgan fingerprint density at radius 3 is 2.72 bits per heavy atom. The average Bonchev–Trinajstić information content (AvgIpc) is 3.38. The molecule has 192 valence electrons. The number of amides is 1. The van der Waals surface area contributed by atoms with Crippen LogP contribution in [0.2, 0.25) is 0 Å². The standard InChI is InChI=1S/C24H29BrN6O4S/c1-24(2,3)31(23(32)33)15(13-5-4-6-13)7-8-30-11-27-20(26)19-21(30)29-22(28-19)36-18-10-17-16(9-14(18)25)34-12-35-17/h9-11,13,15,26H,4-8,12H2,1-3H3,(H,28,29)(H,32,33). The number of H-pyrrole nitrogens is 1. The number of carbonyl (C=O) groups is 1. The molecule has 12 heteroatoms. The molecule has 36 heavy (non-hydrogen) atoms. The fourth-order valence-electron chi connectivity index (χ4n) is 4.85. The third-order valence-electron chi connectivity index (χ3n) is 6.75. The van der Waals surface area contributed by atoms with Crippen molar-refractivity contribution in [2.45, 2.75) is 74.6 Å². The highest BCUT2D eigenvalue weighted by Crippen LogP contribution is 2.42. The lowest BCUT2D eigenvalue weighted by Crippen LogP contribution is -2.55. The number of aromatic amines is 1.